The number of amides is 4. The van der Waals surface area contributed by atoms with E-state index in [0.29, 0.717) is 44.8 Å². The molecule has 1 saturated carbocycles. The molecule has 1 unspecified atom stereocenters. The number of hydrogen-bond donors (Lipinski definition) is 1. The van der Waals surface area contributed by atoms with Crippen molar-refractivity contribution < 1.29 is 28.7 Å². The van der Waals surface area contributed by atoms with Crippen LogP contribution in [0.1, 0.15) is 54.4 Å². The quantitative estimate of drug-likeness (QED) is 0.587. The molecule has 1 N–H and O–H groups in total. The third-order valence-corrected chi connectivity index (χ3v) is 8.50. The fraction of sp³-hybridized carbons (Fsp3) is 0.630. The number of fused-ring (bicyclic) bond motifs is 1. The normalized spacial score (nSPS) is 29.1. The minimum atomic E-state index is -0.621. The van der Waals surface area contributed by atoms with E-state index in [9.17, 15) is 19.2 Å². The van der Waals surface area contributed by atoms with E-state index in [-0.39, 0.29) is 42.2 Å². The molecule has 1 aromatic carbocycles. The van der Waals surface area contributed by atoms with Gasteiger partial charge in [0.1, 0.15) is 17.9 Å². The average Bonchev–Trinajstić information content (AvgIpc) is 3.20. The van der Waals surface area contributed by atoms with Crippen LogP contribution < -0.4 is 10.1 Å². The molecule has 1 aromatic rings. The Morgan fingerprint density at radius 1 is 1.03 bits per heavy atom. The van der Waals surface area contributed by atoms with E-state index in [4.69, 9.17) is 9.47 Å². The highest BCUT2D eigenvalue weighted by Crippen LogP contribution is 2.35. The number of nitrogens with one attached hydrogen (secondary N) is 1. The van der Waals surface area contributed by atoms with E-state index in [1.54, 1.807) is 11.0 Å². The summed E-state index contributed by atoms with van der Waals surface area (Å²) in [6, 6.07) is 5.21. The molecule has 198 valence electrons. The lowest BCUT2D eigenvalue weighted by Gasteiger charge is -2.48. The van der Waals surface area contributed by atoms with Crippen LogP contribution in [0.3, 0.4) is 0 Å². The predicted molar refractivity (Wildman–Crippen MR) is 132 cm³/mol. The number of hydrogen-bond acceptors (Lipinski definition) is 7. The largest absolute Gasteiger partial charge is 0.489 e. The van der Waals surface area contributed by atoms with Crippen LogP contribution in [0.4, 0.5) is 0 Å². The summed E-state index contributed by atoms with van der Waals surface area (Å²) in [5.41, 5.74) is 1.43. The first kappa shape index (κ1) is 24.4. The Hall–Kier alpha value is -2.98. The van der Waals surface area contributed by atoms with Gasteiger partial charge in [-0.1, -0.05) is 6.42 Å². The lowest BCUT2D eigenvalue weighted by atomic mass is 9.86. The molecule has 3 saturated heterocycles. The fourth-order valence-corrected chi connectivity index (χ4v) is 6.41. The molecule has 5 aliphatic rings. The molecule has 4 heterocycles. The van der Waals surface area contributed by atoms with Crippen molar-refractivity contribution in [2.45, 2.75) is 63.3 Å². The molecular weight excluding hydrogens is 476 g/mol. The molecular formula is C27H34N4O6. The first-order chi connectivity index (χ1) is 18.0. The third-order valence-electron chi connectivity index (χ3n) is 8.50. The molecule has 1 aliphatic carbocycles. The minimum absolute atomic E-state index is 0.0366. The van der Waals surface area contributed by atoms with E-state index in [1.165, 1.54) is 0 Å². The number of piperidine rings is 1. The van der Waals surface area contributed by atoms with Crippen molar-refractivity contribution in [1.82, 2.24) is 20.0 Å². The van der Waals surface area contributed by atoms with Gasteiger partial charge in [-0.2, -0.15) is 0 Å². The van der Waals surface area contributed by atoms with Gasteiger partial charge in [-0.3, -0.25) is 29.4 Å². The van der Waals surface area contributed by atoms with Crippen LogP contribution in [-0.4, -0.2) is 95.9 Å². The SMILES string of the molecule is O=C1CCC(N2Cc3cc(O[C@@H]4CCCC[C@@H]4N4CC(C(=O)N5CCOCC5)C4)ccc3C2=O)C(=O)N1. The number of carbonyl (C=O) groups excluding carboxylic acids is 4. The first-order valence-corrected chi connectivity index (χ1v) is 13.5. The van der Waals surface area contributed by atoms with Gasteiger partial charge in [-0.05, 0) is 49.4 Å². The number of ether oxygens (including phenoxy) is 2. The van der Waals surface area contributed by atoms with E-state index in [0.717, 1.165) is 50.1 Å². The summed E-state index contributed by atoms with van der Waals surface area (Å²) in [7, 11) is 0. The number of nitrogens with zero attached hydrogens (tertiary/aromatic N) is 3. The van der Waals surface area contributed by atoms with Crippen LogP contribution in [0.5, 0.6) is 5.75 Å². The molecule has 4 aliphatic heterocycles. The molecule has 0 bridgehead atoms. The van der Waals surface area contributed by atoms with Crippen molar-refractivity contribution in [3.63, 3.8) is 0 Å². The summed E-state index contributed by atoms with van der Waals surface area (Å²) in [4.78, 5) is 55.5. The van der Waals surface area contributed by atoms with Crippen molar-refractivity contribution in [2.75, 3.05) is 39.4 Å². The van der Waals surface area contributed by atoms with Gasteiger partial charge in [0, 0.05) is 50.7 Å². The van der Waals surface area contributed by atoms with Gasteiger partial charge in [0.2, 0.25) is 17.7 Å². The molecule has 0 radical (unpaired) electrons. The van der Waals surface area contributed by atoms with Gasteiger partial charge in [0.25, 0.3) is 5.91 Å². The summed E-state index contributed by atoms with van der Waals surface area (Å²) in [5.74, 6) is 0.167. The molecule has 10 nitrogen and oxygen atoms in total. The van der Waals surface area contributed by atoms with Crippen LogP contribution in [0.15, 0.2) is 18.2 Å². The van der Waals surface area contributed by atoms with Gasteiger partial charge in [-0.15, -0.1) is 0 Å². The zero-order chi connectivity index (χ0) is 25.5. The molecule has 4 amide bonds. The second kappa shape index (κ2) is 10.1. The lowest BCUT2D eigenvalue weighted by Crippen LogP contribution is -2.62. The zero-order valence-electron chi connectivity index (χ0n) is 21.0. The number of morpholine rings is 1. The molecule has 10 heteroatoms. The third kappa shape index (κ3) is 4.72. The highest BCUT2D eigenvalue weighted by Gasteiger charge is 2.43. The average molecular weight is 511 g/mol. The van der Waals surface area contributed by atoms with Gasteiger partial charge in [0.15, 0.2) is 0 Å². The van der Waals surface area contributed by atoms with Gasteiger partial charge >= 0.3 is 0 Å². The Morgan fingerprint density at radius 2 is 1.81 bits per heavy atom. The summed E-state index contributed by atoms with van der Waals surface area (Å²) >= 11 is 0. The Bertz CT molecular complexity index is 1100. The van der Waals surface area contributed by atoms with E-state index < -0.39 is 11.9 Å². The molecule has 37 heavy (non-hydrogen) atoms. The van der Waals surface area contributed by atoms with Crippen LogP contribution in [0.2, 0.25) is 0 Å². The summed E-state index contributed by atoms with van der Waals surface area (Å²) < 4.78 is 11.9. The lowest BCUT2D eigenvalue weighted by molar-refractivity contribution is -0.148. The Labute approximate surface area is 216 Å². The Kier molecular flexibility index (Phi) is 6.62. The standard InChI is InChI=1S/C27H34N4O6/c32-24-8-7-22(25(33)28-24)31-16-17-13-19(5-6-20(17)27(31)35)37-23-4-2-1-3-21(23)30-14-18(15-30)26(34)29-9-11-36-12-10-29/h5-6,13,18,21-23H,1-4,7-12,14-16H2,(H,28,32,33)/t21-,22?,23+/m0/s1. The van der Waals surface area contributed by atoms with E-state index in [1.807, 2.05) is 17.0 Å². The van der Waals surface area contributed by atoms with Crippen molar-refractivity contribution >= 4 is 23.6 Å². The van der Waals surface area contributed by atoms with Crippen molar-refractivity contribution in [1.29, 1.82) is 0 Å². The topological polar surface area (TPSA) is 108 Å². The van der Waals surface area contributed by atoms with Gasteiger partial charge in [-0.25, -0.2) is 0 Å². The van der Waals surface area contributed by atoms with Gasteiger partial charge < -0.3 is 19.3 Å². The molecule has 0 aromatic heterocycles. The maximum Gasteiger partial charge on any atom is 0.255 e. The molecule has 6 rings (SSSR count). The van der Waals surface area contributed by atoms with Crippen molar-refractivity contribution in [2.24, 2.45) is 5.92 Å². The highest BCUT2D eigenvalue weighted by atomic mass is 16.5. The monoisotopic (exact) mass is 510 g/mol. The zero-order valence-corrected chi connectivity index (χ0v) is 21.0. The maximum atomic E-state index is 13.0. The molecule has 3 atom stereocenters. The summed E-state index contributed by atoms with van der Waals surface area (Å²) in [5, 5.41) is 2.34. The Balaban J connectivity index is 1.08. The first-order valence-electron chi connectivity index (χ1n) is 13.5. The highest BCUT2D eigenvalue weighted by molar-refractivity contribution is 6.05. The molecule has 4 fully saturated rings. The summed E-state index contributed by atoms with van der Waals surface area (Å²) in [6.07, 6.45) is 4.90. The number of rotatable bonds is 5. The number of benzene rings is 1. The van der Waals surface area contributed by atoms with Gasteiger partial charge in [0.05, 0.1) is 19.1 Å². The van der Waals surface area contributed by atoms with Crippen LogP contribution in [0.25, 0.3) is 0 Å². The van der Waals surface area contributed by atoms with E-state index >= 15 is 0 Å². The Morgan fingerprint density at radius 3 is 2.59 bits per heavy atom. The predicted octanol–water partition coefficient (Wildman–Crippen LogP) is 0.928. The van der Waals surface area contributed by atoms with Crippen LogP contribution >= 0.6 is 0 Å². The minimum Gasteiger partial charge on any atom is -0.489 e. The summed E-state index contributed by atoms with van der Waals surface area (Å²) in [6.45, 7) is 4.51. The molecule has 0 spiro atoms. The smallest absolute Gasteiger partial charge is 0.255 e. The second-order valence-electron chi connectivity index (χ2n) is 10.8. The van der Waals surface area contributed by atoms with Crippen molar-refractivity contribution in [3.05, 3.63) is 29.3 Å². The number of likely N-dealkylation sites (tertiary alicyclic amines) is 1. The van der Waals surface area contributed by atoms with Crippen molar-refractivity contribution in [3.8, 4) is 5.75 Å². The number of imide groups is 1. The van der Waals surface area contributed by atoms with Crippen LogP contribution in [0, 0.1) is 5.92 Å². The number of carbonyl (C=O) groups is 4. The fourth-order valence-electron chi connectivity index (χ4n) is 6.41. The van der Waals surface area contributed by atoms with E-state index in [2.05, 4.69) is 10.2 Å². The maximum absolute atomic E-state index is 13.0. The van der Waals surface area contributed by atoms with Crippen LogP contribution in [-0.2, 0) is 25.7 Å². The second-order valence-corrected chi connectivity index (χ2v) is 10.8.